The van der Waals surface area contributed by atoms with Crippen LogP contribution in [-0.4, -0.2) is 44.3 Å². The minimum absolute atomic E-state index is 0.195. The zero-order valence-electron chi connectivity index (χ0n) is 15.9. The molecule has 1 aliphatic rings. The van der Waals surface area contributed by atoms with Crippen LogP contribution in [0.25, 0.3) is 0 Å². The van der Waals surface area contributed by atoms with Gasteiger partial charge in [0.25, 0.3) is 0 Å². The monoisotopic (exact) mass is 376 g/mol. The van der Waals surface area contributed by atoms with Gasteiger partial charge in [0.15, 0.2) is 0 Å². The van der Waals surface area contributed by atoms with E-state index in [2.05, 4.69) is 10.6 Å². The molecule has 0 saturated carbocycles. The van der Waals surface area contributed by atoms with E-state index in [-0.39, 0.29) is 30.0 Å². The Labute approximate surface area is 157 Å². The van der Waals surface area contributed by atoms with E-state index in [1.54, 1.807) is 19.1 Å². The lowest BCUT2D eigenvalue weighted by Gasteiger charge is -2.28. The number of amides is 2. The highest BCUT2D eigenvalue weighted by Gasteiger charge is 2.32. The van der Waals surface area contributed by atoms with Gasteiger partial charge in [0.1, 0.15) is 17.9 Å². The van der Waals surface area contributed by atoms with Crippen molar-refractivity contribution in [3.63, 3.8) is 0 Å². The van der Waals surface area contributed by atoms with Gasteiger partial charge in [0.05, 0.1) is 31.0 Å². The fraction of sp³-hybridized carbons (Fsp3) is 0.421. The molecule has 0 spiro atoms. The van der Waals surface area contributed by atoms with Crippen LogP contribution in [0.5, 0.6) is 5.75 Å². The molecule has 0 aliphatic carbocycles. The van der Waals surface area contributed by atoms with Crippen LogP contribution in [0.2, 0.25) is 0 Å². The van der Waals surface area contributed by atoms with Gasteiger partial charge in [-0.15, -0.1) is 0 Å². The number of benzene rings is 1. The van der Waals surface area contributed by atoms with Crippen molar-refractivity contribution in [3.8, 4) is 5.75 Å². The Balaban J connectivity index is 2.26. The van der Waals surface area contributed by atoms with Crippen LogP contribution >= 0.6 is 0 Å². The highest BCUT2D eigenvalue weighted by Crippen LogP contribution is 2.22. The van der Waals surface area contributed by atoms with Crippen molar-refractivity contribution in [1.82, 2.24) is 10.6 Å². The summed E-state index contributed by atoms with van der Waals surface area (Å²) in [6, 6.07) is 4.16. The van der Waals surface area contributed by atoms with Crippen molar-refractivity contribution in [2.24, 2.45) is 0 Å². The fourth-order valence-electron chi connectivity index (χ4n) is 2.77. The zero-order valence-corrected chi connectivity index (χ0v) is 15.9. The Hall–Kier alpha value is -3.03. The third kappa shape index (κ3) is 4.78. The van der Waals surface area contributed by atoms with E-state index in [0.717, 1.165) is 5.56 Å². The topological polar surface area (TPSA) is 103 Å². The third-order valence-corrected chi connectivity index (χ3v) is 4.07. The number of methoxy groups -OCH3 is 1. The Morgan fingerprint density at radius 1 is 1.15 bits per heavy atom. The van der Waals surface area contributed by atoms with Gasteiger partial charge in [-0.2, -0.15) is 0 Å². The van der Waals surface area contributed by atoms with Crippen LogP contribution in [0.15, 0.2) is 29.5 Å². The van der Waals surface area contributed by atoms with E-state index in [1.807, 2.05) is 19.9 Å². The summed E-state index contributed by atoms with van der Waals surface area (Å²) in [6.07, 6.45) is 0.491. The molecule has 1 atom stereocenters. The highest BCUT2D eigenvalue weighted by atomic mass is 16.5. The molecule has 0 unspecified atom stereocenters. The van der Waals surface area contributed by atoms with Crippen LogP contribution in [0.1, 0.15) is 36.2 Å². The second kappa shape index (κ2) is 9.07. The maximum Gasteiger partial charge on any atom is 0.342 e. The molecule has 1 aromatic carbocycles. The van der Waals surface area contributed by atoms with E-state index in [4.69, 9.17) is 14.2 Å². The lowest BCUT2D eigenvalue weighted by molar-refractivity contribution is -0.139. The molecule has 0 fully saturated rings. The highest BCUT2D eigenvalue weighted by molar-refractivity contribution is 5.95. The Morgan fingerprint density at radius 3 is 2.52 bits per heavy atom. The van der Waals surface area contributed by atoms with E-state index < -0.39 is 24.0 Å². The number of aryl methyl sites for hydroxylation is 1. The first-order valence-corrected chi connectivity index (χ1v) is 8.70. The average Bonchev–Trinajstić information content (AvgIpc) is 2.65. The SMILES string of the molecule is CCOC(=O)C1=C(COC(=O)c2cc(C)ccc2OC)NC(=O)N[C@H]1CC. The molecule has 0 aromatic heterocycles. The van der Waals surface area contributed by atoms with Crippen molar-refractivity contribution in [1.29, 1.82) is 0 Å². The summed E-state index contributed by atoms with van der Waals surface area (Å²) in [5.41, 5.74) is 1.60. The minimum atomic E-state index is -0.618. The lowest BCUT2D eigenvalue weighted by Crippen LogP contribution is -2.51. The normalized spacial score (nSPS) is 16.3. The fourth-order valence-corrected chi connectivity index (χ4v) is 2.77. The van der Waals surface area contributed by atoms with Gasteiger partial charge in [0, 0.05) is 0 Å². The average molecular weight is 376 g/mol. The van der Waals surface area contributed by atoms with Crippen LogP contribution in [0.4, 0.5) is 4.79 Å². The molecular weight excluding hydrogens is 352 g/mol. The molecule has 0 bridgehead atoms. The number of carbonyl (C=O) groups excluding carboxylic acids is 3. The molecule has 1 heterocycles. The van der Waals surface area contributed by atoms with E-state index in [9.17, 15) is 14.4 Å². The van der Waals surface area contributed by atoms with E-state index >= 15 is 0 Å². The summed E-state index contributed by atoms with van der Waals surface area (Å²) in [4.78, 5) is 36.7. The summed E-state index contributed by atoms with van der Waals surface area (Å²) < 4.78 is 15.6. The molecule has 2 amide bonds. The number of urea groups is 1. The maximum absolute atomic E-state index is 12.5. The van der Waals surface area contributed by atoms with E-state index in [0.29, 0.717) is 12.2 Å². The van der Waals surface area contributed by atoms with Gasteiger partial charge >= 0.3 is 18.0 Å². The van der Waals surface area contributed by atoms with Crippen molar-refractivity contribution >= 4 is 18.0 Å². The third-order valence-electron chi connectivity index (χ3n) is 4.07. The molecule has 8 heteroatoms. The second-order valence-corrected chi connectivity index (χ2v) is 5.95. The molecule has 1 aromatic rings. The smallest absolute Gasteiger partial charge is 0.342 e. The summed E-state index contributed by atoms with van der Waals surface area (Å²) in [6.45, 7) is 5.29. The number of hydrogen-bond donors (Lipinski definition) is 2. The second-order valence-electron chi connectivity index (χ2n) is 5.95. The summed E-state index contributed by atoms with van der Waals surface area (Å²) in [5, 5.41) is 5.20. The molecule has 27 heavy (non-hydrogen) atoms. The van der Waals surface area contributed by atoms with Crippen LogP contribution < -0.4 is 15.4 Å². The number of nitrogens with one attached hydrogen (secondary N) is 2. The number of hydrogen-bond acceptors (Lipinski definition) is 6. The molecule has 8 nitrogen and oxygen atoms in total. The number of ether oxygens (including phenoxy) is 3. The van der Waals surface area contributed by atoms with Crippen LogP contribution in [0.3, 0.4) is 0 Å². The first-order valence-electron chi connectivity index (χ1n) is 8.70. The van der Waals surface area contributed by atoms with E-state index in [1.165, 1.54) is 7.11 Å². The standard InChI is InChI=1S/C19H24N2O6/c1-5-13-16(18(23)26-6-2)14(21-19(24)20-13)10-27-17(22)12-9-11(3)7-8-15(12)25-4/h7-9,13H,5-6,10H2,1-4H3,(H2,20,21,24)/t13-/m0/s1. The predicted molar refractivity (Wildman–Crippen MR) is 97.4 cm³/mol. The van der Waals surface area contributed by atoms with Gasteiger partial charge in [-0.3, -0.25) is 0 Å². The number of rotatable bonds is 7. The van der Waals surface area contributed by atoms with Crippen molar-refractivity contribution in [2.75, 3.05) is 20.3 Å². The lowest BCUT2D eigenvalue weighted by atomic mass is 10.0. The van der Waals surface area contributed by atoms with Crippen molar-refractivity contribution in [2.45, 2.75) is 33.2 Å². The first kappa shape index (κ1) is 20.3. The molecule has 146 valence electrons. The number of carbonyl (C=O) groups is 3. The minimum Gasteiger partial charge on any atom is -0.496 e. The van der Waals surface area contributed by atoms with Gasteiger partial charge < -0.3 is 24.8 Å². The van der Waals surface area contributed by atoms with Gasteiger partial charge in [0.2, 0.25) is 0 Å². The van der Waals surface area contributed by atoms with Gasteiger partial charge in [-0.1, -0.05) is 18.6 Å². The Bertz CT molecular complexity index is 771. The number of esters is 2. The Kier molecular flexibility index (Phi) is 6.81. The summed E-state index contributed by atoms with van der Waals surface area (Å²) in [7, 11) is 1.46. The maximum atomic E-state index is 12.5. The zero-order chi connectivity index (χ0) is 20.0. The molecule has 0 saturated heterocycles. The molecule has 0 radical (unpaired) electrons. The van der Waals surface area contributed by atoms with Crippen LogP contribution in [0, 0.1) is 6.92 Å². The van der Waals surface area contributed by atoms with Gasteiger partial charge in [-0.25, -0.2) is 14.4 Å². The molecule has 1 aliphatic heterocycles. The summed E-state index contributed by atoms with van der Waals surface area (Å²) >= 11 is 0. The summed E-state index contributed by atoms with van der Waals surface area (Å²) in [5.74, 6) is -0.797. The van der Waals surface area contributed by atoms with Crippen molar-refractivity contribution < 1.29 is 28.6 Å². The largest absolute Gasteiger partial charge is 0.496 e. The quantitative estimate of drug-likeness (QED) is 0.706. The molecular formula is C19H24N2O6. The van der Waals surface area contributed by atoms with Crippen molar-refractivity contribution in [3.05, 3.63) is 40.6 Å². The van der Waals surface area contributed by atoms with Gasteiger partial charge in [-0.05, 0) is 32.4 Å². The molecule has 2 rings (SSSR count). The molecule has 2 N–H and O–H groups in total. The Morgan fingerprint density at radius 2 is 1.89 bits per heavy atom. The predicted octanol–water partition coefficient (Wildman–Crippen LogP) is 2.07. The first-order chi connectivity index (χ1) is 12.9. The van der Waals surface area contributed by atoms with Crippen LogP contribution in [-0.2, 0) is 14.3 Å².